The van der Waals surface area contributed by atoms with Crippen molar-refractivity contribution in [2.24, 2.45) is 0 Å². The molecule has 0 amide bonds. The van der Waals surface area contributed by atoms with Crippen LogP contribution in [0.5, 0.6) is 0 Å². The van der Waals surface area contributed by atoms with Gasteiger partial charge in [-0.3, -0.25) is 0 Å². The molecule has 0 heterocycles. The second-order valence-electron chi connectivity index (χ2n) is 4.35. The first-order valence-corrected chi connectivity index (χ1v) is 6.30. The van der Waals surface area contributed by atoms with Crippen LogP contribution in [0.25, 0.3) is 0 Å². The predicted molar refractivity (Wildman–Crippen MR) is 74.6 cm³/mol. The van der Waals surface area contributed by atoms with Gasteiger partial charge in [-0.1, -0.05) is 17.7 Å². The van der Waals surface area contributed by atoms with Crippen molar-refractivity contribution in [1.29, 1.82) is 5.26 Å². The lowest BCUT2D eigenvalue weighted by atomic mass is 10.1. The highest BCUT2D eigenvalue weighted by molar-refractivity contribution is 6.33. The normalized spacial score (nSPS) is 11.8. The third-order valence-corrected chi connectivity index (χ3v) is 3.23. The number of anilines is 1. The number of rotatable bonds is 3. The Morgan fingerprint density at radius 2 is 1.90 bits per heavy atom. The topological polar surface area (TPSA) is 35.8 Å². The smallest absolute Gasteiger partial charge is 0.159 e. The van der Waals surface area contributed by atoms with E-state index in [1.807, 2.05) is 6.07 Å². The average Bonchev–Trinajstić information content (AvgIpc) is 2.43. The Bertz CT molecular complexity index is 680. The Kier molecular flexibility index (Phi) is 4.21. The molecule has 2 rings (SSSR count). The Hall–Kier alpha value is -2.12. The highest BCUT2D eigenvalue weighted by atomic mass is 35.5. The SMILES string of the molecule is CC(Nc1ccc(C#N)cc1Cl)c1ccc(F)c(F)c1. The molecule has 0 aliphatic rings. The molecule has 0 aliphatic carbocycles. The van der Waals surface area contributed by atoms with E-state index >= 15 is 0 Å². The second-order valence-corrected chi connectivity index (χ2v) is 4.75. The minimum absolute atomic E-state index is 0.254. The van der Waals surface area contributed by atoms with Crippen LogP contribution in [0.15, 0.2) is 36.4 Å². The quantitative estimate of drug-likeness (QED) is 0.893. The molecule has 1 N–H and O–H groups in total. The van der Waals surface area contributed by atoms with Gasteiger partial charge in [0.2, 0.25) is 0 Å². The van der Waals surface area contributed by atoms with Crippen LogP contribution in [0.3, 0.4) is 0 Å². The molecule has 1 atom stereocenters. The minimum Gasteiger partial charge on any atom is -0.377 e. The van der Waals surface area contributed by atoms with Crippen LogP contribution in [-0.4, -0.2) is 0 Å². The van der Waals surface area contributed by atoms with E-state index in [1.54, 1.807) is 25.1 Å². The van der Waals surface area contributed by atoms with E-state index in [-0.39, 0.29) is 6.04 Å². The van der Waals surface area contributed by atoms with Crippen molar-refractivity contribution >= 4 is 17.3 Å². The largest absolute Gasteiger partial charge is 0.377 e. The van der Waals surface area contributed by atoms with E-state index < -0.39 is 11.6 Å². The van der Waals surface area contributed by atoms with Crippen LogP contribution in [-0.2, 0) is 0 Å². The fraction of sp³-hybridized carbons (Fsp3) is 0.133. The molecule has 2 aromatic rings. The van der Waals surface area contributed by atoms with Crippen LogP contribution >= 0.6 is 11.6 Å². The minimum atomic E-state index is -0.887. The molecule has 1 unspecified atom stereocenters. The first-order valence-electron chi connectivity index (χ1n) is 5.92. The maximum atomic E-state index is 13.2. The number of hydrogen-bond acceptors (Lipinski definition) is 2. The van der Waals surface area contributed by atoms with Crippen molar-refractivity contribution in [3.63, 3.8) is 0 Å². The van der Waals surface area contributed by atoms with Crippen molar-refractivity contribution in [3.05, 3.63) is 64.2 Å². The number of nitrogens with zero attached hydrogens (tertiary/aromatic N) is 1. The Balaban J connectivity index is 2.21. The molecular formula is C15H11ClF2N2. The van der Waals surface area contributed by atoms with Crippen molar-refractivity contribution in [2.75, 3.05) is 5.32 Å². The summed E-state index contributed by atoms with van der Waals surface area (Å²) in [6.07, 6.45) is 0. The zero-order chi connectivity index (χ0) is 14.7. The third-order valence-electron chi connectivity index (χ3n) is 2.91. The van der Waals surface area contributed by atoms with Gasteiger partial charge in [-0.2, -0.15) is 5.26 Å². The molecule has 0 aromatic heterocycles. The summed E-state index contributed by atoms with van der Waals surface area (Å²) < 4.78 is 26.1. The number of nitrogens with one attached hydrogen (secondary N) is 1. The molecule has 20 heavy (non-hydrogen) atoms. The number of nitriles is 1. The zero-order valence-corrected chi connectivity index (χ0v) is 11.4. The molecular weight excluding hydrogens is 282 g/mol. The standard InChI is InChI=1S/C15H11ClF2N2/c1-9(11-3-4-13(17)14(18)7-11)20-15-5-2-10(8-19)6-12(15)16/h2-7,9,20H,1H3. The predicted octanol–water partition coefficient (Wildman–Crippen LogP) is 4.66. The molecule has 0 bridgehead atoms. The number of benzene rings is 2. The summed E-state index contributed by atoms with van der Waals surface area (Å²) in [5, 5.41) is 12.3. The summed E-state index contributed by atoms with van der Waals surface area (Å²) in [5.41, 5.74) is 1.69. The van der Waals surface area contributed by atoms with E-state index in [4.69, 9.17) is 16.9 Å². The monoisotopic (exact) mass is 292 g/mol. The van der Waals surface area contributed by atoms with E-state index in [0.29, 0.717) is 21.8 Å². The van der Waals surface area contributed by atoms with Gasteiger partial charge in [-0.25, -0.2) is 8.78 Å². The van der Waals surface area contributed by atoms with Gasteiger partial charge in [-0.05, 0) is 42.8 Å². The molecule has 5 heteroatoms. The summed E-state index contributed by atoms with van der Waals surface area (Å²) in [5.74, 6) is -1.76. The summed E-state index contributed by atoms with van der Waals surface area (Å²) in [6, 6.07) is 10.3. The number of hydrogen-bond donors (Lipinski definition) is 1. The van der Waals surface area contributed by atoms with Crippen LogP contribution in [0, 0.1) is 23.0 Å². The van der Waals surface area contributed by atoms with Crippen LogP contribution < -0.4 is 5.32 Å². The fourth-order valence-electron chi connectivity index (χ4n) is 1.80. The summed E-state index contributed by atoms with van der Waals surface area (Å²) in [6.45, 7) is 1.81. The lowest BCUT2D eigenvalue weighted by Gasteiger charge is -2.17. The van der Waals surface area contributed by atoms with Crippen molar-refractivity contribution < 1.29 is 8.78 Å². The van der Waals surface area contributed by atoms with E-state index in [9.17, 15) is 8.78 Å². The van der Waals surface area contributed by atoms with Gasteiger partial charge in [0, 0.05) is 6.04 Å². The van der Waals surface area contributed by atoms with E-state index in [2.05, 4.69) is 5.32 Å². The Labute approximate surface area is 120 Å². The highest BCUT2D eigenvalue weighted by Gasteiger charge is 2.11. The van der Waals surface area contributed by atoms with E-state index in [0.717, 1.165) is 12.1 Å². The van der Waals surface area contributed by atoms with E-state index in [1.165, 1.54) is 6.07 Å². The van der Waals surface area contributed by atoms with Gasteiger partial charge in [0.1, 0.15) is 0 Å². The zero-order valence-electron chi connectivity index (χ0n) is 10.6. The maximum Gasteiger partial charge on any atom is 0.159 e. The Morgan fingerprint density at radius 3 is 2.50 bits per heavy atom. The molecule has 0 saturated carbocycles. The molecule has 0 spiro atoms. The molecule has 0 saturated heterocycles. The second kappa shape index (κ2) is 5.89. The third kappa shape index (κ3) is 3.06. The van der Waals surface area contributed by atoms with Gasteiger partial charge in [0.15, 0.2) is 11.6 Å². The van der Waals surface area contributed by atoms with Gasteiger partial charge in [-0.15, -0.1) is 0 Å². The molecule has 102 valence electrons. The Morgan fingerprint density at radius 1 is 1.15 bits per heavy atom. The van der Waals surface area contributed by atoms with Crippen molar-refractivity contribution in [2.45, 2.75) is 13.0 Å². The molecule has 0 aliphatic heterocycles. The highest BCUT2D eigenvalue weighted by Crippen LogP contribution is 2.27. The van der Waals surface area contributed by atoms with Crippen LogP contribution in [0.4, 0.5) is 14.5 Å². The van der Waals surface area contributed by atoms with Gasteiger partial charge >= 0.3 is 0 Å². The maximum absolute atomic E-state index is 13.2. The molecule has 2 nitrogen and oxygen atoms in total. The lowest BCUT2D eigenvalue weighted by molar-refractivity contribution is 0.506. The van der Waals surface area contributed by atoms with Crippen molar-refractivity contribution in [1.82, 2.24) is 0 Å². The summed E-state index contributed by atoms with van der Waals surface area (Å²) >= 11 is 6.05. The fourth-order valence-corrected chi connectivity index (χ4v) is 2.04. The van der Waals surface area contributed by atoms with Gasteiger partial charge < -0.3 is 5.32 Å². The molecule has 0 radical (unpaired) electrons. The summed E-state index contributed by atoms with van der Waals surface area (Å²) in [7, 11) is 0. The molecule has 0 fully saturated rings. The van der Waals surface area contributed by atoms with Gasteiger partial charge in [0.05, 0.1) is 22.3 Å². The average molecular weight is 293 g/mol. The first kappa shape index (κ1) is 14.3. The molecule has 2 aromatic carbocycles. The first-order chi connectivity index (χ1) is 9.51. The lowest BCUT2D eigenvalue weighted by Crippen LogP contribution is -2.07. The summed E-state index contributed by atoms with van der Waals surface area (Å²) in [4.78, 5) is 0. The van der Waals surface area contributed by atoms with Crippen LogP contribution in [0.2, 0.25) is 5.02 Å². The van der Waals surface area contributed by atoms with Gasteiger partial charge in [0.25, 0.3) is 0 Å². The number of halogens is 3. The van der Waals surface area contributed by atoms with Crippen LogP contribution in [0.1, 0.15) is 24.1 Å². The van der Waals surface area contributed by atoms with Crippen molar-refractivity contribution in [3.8, 4) is 6.07 Å².